The molecule has 18 heavy (non-hydrogen) atoms. The molecule has 0 saturated carbocycles. The standard InChI is InChI=1S/C12H22N6/c1-9(2)15-10-8-11(17-12(13)16-10)18-6-3-4-14-5-7-18/h8-9,14H,3-7H2,1-2H3,(H3,13,15,16,17). The molecule has 0 amide bonds. The van der Waals surface area contributed by atoms with E-state index in [-0.39, 0.29) is 0 Å². The van der Waals surface area contributed by atoms with Gasteiger partial charge >= 0.3 is 0 Å². The van der Waals surface area contributed by atoms with Gasteiger partial charge in [0.05, 0.1) is 0 Å². The highest BCUT2D eigenvalue weighted by Gasteiger charge is 2.13. The summed E-state index contributed by atoms with van der Waals surface area (Å²) in [6.45, 7) is 8.16. The summed E-state index contributed by atoms with van der Waals surface area (Å²) in [6.07, 6.45) is 1.12. The largest absolute Gasteiger partial charge is 0.368 e. The highest BCUT2D eigenvalue weighted by Crippen LogP contribution is 2.18. The van der Waals surface area contributed by atoms with E-state index in [2.05, 4.69) is 39.3 Å². The Bertz CT molecular complexity index is 384. The minimum Gasteiger partial charge on any atom is -0.368 e. The van der Waals surface area contributed by atoms with Crippen LogP contribution < -0.4 is 21.3 Å². The third-order valence-electron chi connectivity index (χ3n) is 2.83. The molecule has 0 spiro atoms. The van der Waals surface area contributed by atoms with E-state index in [0.717, 1.165) is 44.2 Å². The Hall–Kier alpha value is -1.56. The van der Waals surface area contributed by atoms with Crippen LogP contribution in [0.25, 0.3) is 0 Å². The van der Waals surface area contributed by atoms with Gasteiger partial charge in [-0.1, -0.05) is 0 Å². The van der Waals surface area contributed by atoms with Gasteiger partial charge in [0, 0.05) is 31.7 Å². The quantitative estimate of drug-likeness (QED) is 0.732. The smallest absolute Gasteiger partial charge is 0.223 e. The second kappa shape index (κ2) is 5.86. The fraction of sp³-hybridized carbons (Fsp3) is 0.667. The highest BCUT2D eigenvalue weighted by molar-refractivity contribution is 5.53. The summed E-state index contributed by atoms with van der Waals surface area (Å²) in [7, 11) is 0. The van der Waals surface area contributed by atoms with Gasteiger partial charge in [0.25, 0.3) is 0 Å². The van der Waals surface area contributed by atoms with Crippen LogP contribution in [0.3, 0.4) is 0 Å². The highest BCUT2D eigenvalue weighted by atomic mass is 15.2. The summed E-state index contributed by atoms with van der Waals surface area (Å²) in [6, 6.07) is 2.31. The lowest BCUT2D eigenvalue weighted by atomic mass is 10.3. The Balaban J connectivity index is 2.17. The van der Waals surface area contributed by atoms with Gasteiger partial charge in [-0.3, -0.25) is 0 Å². The molecule has 0 aliphatic carbocycles. The van der Waals surface area contributed by atoms with E-state index in [9.17, 15) is 0 Å². The number of nitrogen functional groups attached to an aromatic ring is 1. The number of hydrogen-bond donors (Lipinski definition) is 3. The molecule has 6 heteroatoms. The van der Waals surface area contributed by atoms with E-state index in [0.29, 0.717) is 12.0 Å². The molecule has 1 saturated heterocycles. The van der Waals surface area contributed by atoms with E-state index >= 15 is 0 Å². The number of rotatable bonds is 3. The number of nitrogens with two attached hydrogens (primary N) is 1. The Morgan fingerprint density at radius 1 is 1.33 bits per heavy atom. The second-order valence-electron chi connectivity index (χ2n) is 4.86. The van der Waals surface area contributed by atoms with Gasteiger partial charge in [0.1, 0.15) is 11.6 Å². The number of anilines is 3. The van der Waals surface area contributed by atoms with Crippen LogP contribution in [-0.2, 0) is 0 Å². The molecule has 2 heterocycles. The fourth-order valence-electron chi connectivity index (χ4n) is 2.06. The van der Waals surface area contributed by atoms with Gasteiger partial charge < -0.3 is 21.3 Å². The van der Waals surface area contributed by atoms with Crippen molar-refractivity contribution in [3.8, 4) is 0 Å². The minimum absolute atomic E-state index is 0.327. The van der Waals surface area contributed by atoms with Gasteiger partial charge in [0.15, 0.2) is 0 Å². The predicted octanol–water partition coefficient (Wildman–Crippen LogP) is 0.679. The molecule has 0 unspecified atom stereocenters. The van der Waals surface area contributed by atoms with E-state index < -0.39 is 0 Å². The van der Waals surface area contributed by atoms with Crippen LogP contribution in [0.4, 0.5) is 17.6 Å². The molecule has 4 N–H and O–H groups in total. The lowest BCUT2D eigenvalue weighted by molar-refractivity contribution is 0.724. The van der Waals surface area contributed by atoms with Crippen molar-refractivity contribution < 1.29 is 0 Å². The summed E-state index contributed by atoms with van der Waals surface area (Å²) in [4.78, 5) is 10.8. The Morgan fingerprint density at radius 2 is 2.17 bits per heavy atom. The van der Waals surface area contributed by atoms with E-state index in [4.69, 9.17) is 5.73 Å². The van der Waals surface area contributed by atoms with Gasteiger partial charge in [-0.15, -0.1) is 0 Å². The van der Waals surface area contributed by atoms with E-state index in [1.807, 2.05) is 6.07 Å². The lowest BCUT2D eigenvalue weighted by Crippen LogP contribution is -2.29. The first-order valence-electron chi connectivity index (χ1n) is 6.52. The third-order valence-corrected chi connectivity index (χ3v) is 2.83. The number of nitrogens with one attached hydrogen (secondary N) is 2. The summed E-state index contributed by atoms with van der Waals surface area (Å²) in [5.41, 5.74) is 5.78. The SMILES string of the molecule is CC(C)Nc1cc(N2CCCNCC2)nc(N)n1. The maximum absolute atomic E-state index is 5.78. The van der Waals surface area contributed by atoms with Crippen LogP contribution in [-0.4, -0.2) is 42.2 Å². The first kappa shape index (κ1) is 12.9. The van der Waals surface area contributed by atoms with Crippen LogP contribution >= 0.6 is 0 Å². The van der Waals surface area contributed by atoms with Crippen molar-refractivity contribution in [3.63, 3.8) is 0 Å². The topological polar surface area (TPSA) is 79.1 Å². The molecule has 0 atom stereocenters. The summed E-state index contributed by atoms with van der Waals surface area (Å²) in [5, 5.41) is 6.64. The zero-order valence-electron chi connectivity index (χ0n) is 11.1. The summed E-state index contributed by atoms with van der Waals surface area (Å²) < 4.78 is 0. The molecule has 0 radical (unpaired) electrons. The Kier molecular flexibility index (Phi) is 4.19. The van der Waals surface area contributed by atoms with Crippen molar-refractivity contribution in [2.24, 2.45) is 0 Å². The molecule has 1 aromatic rings. The lowest BCUT2D eigenvalue weighted by Gasteiger charge is -2.22. The molecule has 0 aromatic carbocycles. The van der Waals surface area contributed by atoms with Crippen LogP contribution in [0.2, 0.25) is 0 Å². The van der Waals surface area contributed by atoms with Crippen molar-refractivity contribution in [2.45, 2.75) is 26.3 Å². The molecular weight excluding hydrogens is 228 g/mol. The minimum atomic E-state index is 0.327. The predicted molar refractivity (Wildman–Crippen MR) is 74.9 cm³/mol. The first-order chi connectivity index (χ1) is 8.65. The first-order valence-corrected chi connectivity index (χ1v) is 6.52. The molecule has 0 bridgehead atoms. The maximum atomic E-state index is 5.78. The number of hydrogen-bond acceptors (Lipinski definition) is 6. The van der Waals surface area contributed by atoms with E-state index in [1.165, 1.54) is 0 Å². The molecule has 2 rings (SSSR count). The molecule has 6 nitrogen and oxygen atoms in total. The van der Waals surface area contributed by atoms with Crippen LogP contribution in [0, 0.1) is 0 Å². The molecule has 1 aromatic heterocycles. The number of aromatic nitrogens is 2. The van der Waals surface area contributed by atoms with Crippen molar-refractivity contribution >= 4 is 17.6 Å². The summed E-state index contributed by atoms with van der Waals surface area (Å²) in [5.74, 6) is 2.03. The molecular formula is C12H22N6. The second-order valence-corrected chi connectivity index (χ2v) is 4.86. The molecule has 1 aliphatic heterocycles. The summed E-state index contributed by atoms with van der Waals surface area (Å²) >= 11 is 0. The molecule has 1 aliphatic rings. The van der Waals surface area contributed by atoms with Crippen molar-refractivity contribution in [1.29, 1.82) is 0 Å². The Morgan fingerprint density at radius 3 is 2.94 bits per heavy atom. The van der Waals surface area contributed by atoms with Crippen molar-refractivity contribution in [2.75, 3.05) is 42.1 Å². The monoisotopic (exact) mass is 250 g/mol. The molecule has 100 valence electrons. The third kappa shape index (κ3) is 3.46. The van der Waals surface area contributed by atoms with Gasteiger partial charge in [-0.25, -0.2) is 0 Å². The van der Waals surface area contributed by atoms with Crippen LogP contribution in [0.1, 0.15) is 20.3 Å². The van der Waals surface area contributed by atoms with Crippen molar-refractivity contribution in [3.05, 3.63) is 6.07 Å². The van der Waals surface area contributed by atoms with Crippen LogP contribution in [0.5, 0.6) is 0 Å². The Labute approximate surface area is 108 Å². The average Bonchev–Trinajstić information content (AvgIpc) is 2.55. The zero-order chi connectivity index (χ0) is 13.0. The normalized spacial score (nSPS) is 16.7. The van der Waals surface area contributed by atoms with Gasteiger partial charge in [-0.05, 0) is 26.8 Å². The number of nitrogens with zero attached hydrogens (tertiary/aromatic N) is 3. The zero-order valence-corrected chi connectivity index (χ0v) is 11.1. The van der Waals surface area contributed by atoms with E-state index in [1.54, 1.807) is 0 Å². The van der Waals surface area contributed by atoms with Gasteiger partial charge in [-0.2, -0.15) is 9.97 Å². The average molecular weight is 250 g/mol. The fourth-order valence-corrected chi connectivity index (χ4v) is 2.06. The maximum Gasteiger partial charge on any atom is 0.223 e. The van der Waals surface area contributed by atoms with Gasteiger partial charge in [0.2, 0.25) is 5.95 Å². The molecule has 1 fully saturated rings. The van der Waals surface area contributed by atoms with Crippen LogP contribution in [0.15, 0.2) is 6.07 Å². The van der Waals surface area contributed by atoms with Crippen molar-refractivity contribution in [1.82, 2.24) is 15.3 Å².